The fourth-order valence-corrected chi connectivity index (χ4v) is 5.75. The van der Waals surface area contributed by atoms with Crippen molar-refractivity contribution in [1.29, 1.82) is 0 Å². The Balaban J connectivity index is 1.78. The highest BCUT2D eigenvalue weighted by Crippen LogP contribution is 2.39. The first-order valence-electron chi connectivity index (χ1n) is 9.95. The third-order valence-electron chi connectivity index (χ3n) is 5.67. The number of hydrogen-bond acceptors (Lipinski definition) is 2. The SMILES string of the molecule is Cc1ccc([C@H]2c3cccn3-c3ccccc3CN2S(=O)(=O)c2ccccc2)cc1. The lowest BCUT2D eigenvalue weighted by atomic mass is 10.0. The lowest BCUT2D eigenvalue weighted by molar-refractivity contribution is 0.353. The normalized spacial score (nSPS) is 16.5. The van der Waals surface area contributed by atoms with Gasteiger partial charge >= 0.3 is 0 Å². The second kappa shape index (κ2) is 7.27. The van der Waals surface area contributed by atoms with Crippen molar-refractivity contribution in [2.75, 3.05) is 0 Å². The summed E-state index contributed by atoms with van der Waals surface area (Å²) in [6.07, 6.45) is 2.01. The smallest absolute Gasteiger partial charge is 0.244 e. The Bertz CT molecular complexity index is 1290. The zero-order valence-electron chi connectivity index (χ0n) is 16.6. The molecule has 4 aromatic rings. The van der Waals surface area contributed by atoms with E-state index in [1.165, 1.54) is 0 Å². The maximum atomic E-state index is 13.8. The summed E-state index contributed by atoms with van der Waals surface area (Å²) in [6, 6.07) is 28.4. The van der Waals surface area contributed by atoms with Crippen LogP contribution in [-0.4, -0.2) is 17.3 Å². The number of aromatic nitrogens is 1. The Morgan fingerprint density at radius 2 is 1.50 bits per heavy atom. The van der Waals surface area contributed by atoms with E-state index in [9.17, 15) is 8.42 Å². The van der Waals surface area contributed by atoms with Crippen molar-refractivity contribution in [3.05, 3.63) is 120 Å². The van der Waals surface area contributed by atoms with Crippen molar-refractivity contribution in [2.45, 2.75) is 24.4 Å². The van der Waals surface area contributed by atoms with Crippen LogP contribution >= 0.6 is 0 Å². The third kappa shape index (κ3) is 3.07. The number of aryl methyl sites for hydroxylation is 1. The first kappa shape index (κ1) is 18.9. The molecule has 0 N–H and O–H groups in total. The zero-order valence-corrected chi connectivity index (χ0v) is 17.5. The van der Waals surface area contributed by atoms with Gasteiger partial charge in [-0.15, -0.1) is 0 Å². The van der Waals surface area contributed by atoms with E-state index in [1.807, 2.05) is 79.9 Å². The molecule has 5 rings (SSSR count). The summed E-state index contributed by atoms with van der Waals surface area (Å²) in [6.45, 7) is 2.33. The first-order valence-corrected chi connectivity index (χ1v) is 11.4. The molecule has 0 saturated carbocycles. The minimum absolute atomic E-state index is 0.299. The van der Waals surface area contributed by atoms with E-state index < -0.39 is 16.1 Å². The molecule has 1 atom stereocenters. The Morgan fingerprint density at radius 1 is 0.800 bits per heavy atom. The highest BCUT2D eigenvalue weighted by molar-refractivity contribution is 7.89. The summed E-state index contributed by atoms with van der Waals surface area (Å²) in [5.41, 5.74) is 5.02. The van der Waals surface area contributed by atoms with Gasteiger partial charge < -0.3 is 4.57 Å². The number of fused-ring (bicyclic) bond motifs is 3. The predicted octanol–water partition coefficient (Wildman–Crippen LogP) is 5.08. The molecule has 0 fully saturated rings. The van der Waals surface area contributed by atoms with Crippen molar-refractivity contribution >= 4 is 10.0 Å². The summed E-state index contributed by atoms with van der Waals surface area (Å²) in [5.74, 6) is 0. The van der Waals surface area contributed by atoms with Crippen LogP contribution in [0.15, 0.2) is 102 Å². The maximum absolute atomic E-state index is 13.8. The molecule has 0 spiro atoms. The van der Waals surface area contributed by atoms with Gasteiger partial charge in [-0.1, -0.05) is 66.2 Å². The summed E-state index contributed by atoms with van der Waals surface area (Å²) in [4.78, 5) is 0.305. The minimum Gasteiger partial charge on any atom is -0.319 e. The van der Waals surface area contributed by atoms with Gasteiger partial charge in [0.15, 0.2) is 0 Å². The summed E-state index contributed by atoms with van der Waals surface area (Å²) in [7, 11) is -3.74. The second-order valence-electron chi connectivity index (χ2n) is 7.61. The van der Waals surface area contributed by atoms with Crippen LogP contribution in [0.5, 0.6) is 0 Å². The van der Waals surface area contributed by atoms with Crippen LogP contribution in [0.3, 0.4) is 0 Å². The molecule has 4 nitrogen and oxygen atoms in total. The van der Waals surface area contributed by atoms with Crippen molar-refractivity contribution in [2.24, 2.45) is 0 Å². The Hall–Kier alpha value is -3.15. The zero-order chi connectivity index (χ0) is 20.7. The molecule has 0 aliphatic carbocycles. The molecule has 1 aliphatic heterocycles. The molecule has 1 aromatic heterocycles. The Labute approximate surface area is 177 Å². The Kier molecular flexibility index (Phi) is 4.57. The fourth-order valence-electron chi connectivity index (χ4n) is 4.16. The van der Waals surface area contributed by atoms with Crippen LogP contribution in [0.1, 0.15) is 28.4 Å². The van der Waals surface area contributed by atoms with Crippen molar-refractivity contribution in [1.82, 2.24) is 8.87 Å². The van der Waals surface area contributed by atoms with Crippen LogP contribution in [0.2, 0.25) is 0 Å². The third-order valence-corrected chi connectivity index (χ3v) is 7.49. The van der Waals surface area contributed by atoms with Gasteiger partial charge in [0.1, 0.15) is 0 Å². The molecule has 0 radical (unpaired) electrons. The number of benzene rings is 3. The van der Waals surface area contributed by atoms with Crippen LogP contribution in [0.25, 0.3) is 5.69 Å². The van der Waals surface area contributed by atoms with E-state index in [-0.39, 0.29) is 0 Å². The van der Waals surface area contributed by atoms with Gasteiger partial charge in [0.05, 0.1) is 10.9 Å². The number of rotatable bonds is 3. The Morgan fingerprint density at radius 3 is 2.27 bits per heavy atom. The molecule has 5 heteroatoms. The van der Waals surface area contributed by atoms with E-state index in [1.54, 1.807) is 28.6 Å². The van der Waals surface area contributed by atoms with Gasteiger partial charge in [-0.2, -0.15) is 4.31 Å². The average Bonchev–Trinajstić information content (AvgIpc) is 3.19. The molecule has 0 saturated heterocycles. The number of hydrogen-bond donors (Lipinski definition) is 0. The largest absolute Gasteiger partial charge is 0.319 e. The number of sulfonamides is 1. The van der Waals surface area contributed by atoms with Gasteiger partial charge in [0, 0.05) is 24.1 Å². The first-order chi connectivity index (χ1) is 14.6. The quantitative estimate of drug-likeness (QED) is 0.469. The molecule has 150 valence electrons. The standard InChI is InChI=1S/C25H22N2O2S/c1-19-13-15-20(16-14-19)25-24-12-7-17-26(24)23-11-6-5-8-21(23)18-27(25)30(28,29)22-9-3-2-4-10-22/h2-17,25H,18H2,1H3/t25-/m0/s1. The van der Waals surface area contributed by atoms with E-state index in [2.05, 4.69) is 4.57 Å². The topological polar surface area (TPSA) is 42.3 Å². The van der Waals surface area contributed by atoms with E-state index in [0.717, 1.165) is 28.1 Å². The second-order valence-corrected chi connectivity index (χ2v) is 9.50. The average molecular weight is 415 g/mol. The van der Waals surface area contributed by atoms with Gasteiger partial charge in [-0.05, 0) is 48.4 Å². The lowest BCUT2D eigenvalue weighted by Gasteiger charge is -2.30. The predicted molar refractivity (Wildman–Crippen MR) is 118 cm³/mol. The fraction of sp³-hybridized carbons (Fsp3) is 0.120. The van der Waals surface area contributed by atoms with Gasteiger partial charge in [-0.3, -0.25) is 0 Å². The van der Waals surface area contributed by atoms with E-state index in [4.69, 9.17) is 0 Å². The van der Waals surface area contributed by atoms with Crippen molar-refractivity contribution < 1.29 is 8.42 Å². The molecule has 30 heavy (non-hydrogen) atoms. The molecule has 1 aliphatic rings. The summed E-state index contributed by atoms with van der Waals surface area (Å²) < 4.78 is 31.4. The van der Waals surface area contributed by atoms with E-state index in [0.29, 0.717) is 11.4 Å². The highest BCUT2D eigenvalue weighted by atomic mass is 32.2. The van der Waals surface area contributed by atoms with Gasteiger partial charge in [0.2, 0.25) is 10.0 Å². The minimum atomic E-state index is -3.74. The number of para-hydroxylation sites is 1. The molecular formula is C25H22N2O2S. The van der Waals surface area contributed by atoms with E-state index >= 15 is 0 Å². The molecule has 0 amide bonds. The summed E-state index contributed by atoms with van der Waals surface area (Å²) >= 11 is 0. The van der Waals surface area contributed by atoms with Crippen LogP contribution in [0.4, 0.5) is 0 Å². The summed E-state index contributed by atoms with van der Waals surface area (Å²) in [5, 5.41) is 0. The molecule has 0 unspecified atom stereocenters. The van der Waals surface area contributed by atoms with Crippen molar-refractivity contribution in [3.63, 3.8) is 0 Å². The molecular weight excluding hydrogens is 392 g/mol. The lowest BCUT2D eigenvalue weighted by Crippen LogP contribution is -2.34. The van der Waals surface area contributed by atoms with Crippen molar-refractivity contribution in [3.8, 4) is 5.69 Å². The van der Waals surface area contributed by atoms with Gasteiger partial charge in [0.25, 0.3) is 0 Å². The van der Waals surface area contributed by atoms with Crippen LogP contribution in [-0.2, 0) is 16.6 Å². The van der Waals surface area contributed by atoms with Gasteiger partial charge in [-0.25, -0.2) is 8.42 Å². The maximum Gasteiger partial charge on any atom is 0.244 e. The highest BCUT2D eigenvalue weighted by Gasteiger charge is 2.37. The van der Waals surface area contributed by atoms with Crippen LogP contribution < -0.4 is 0 Å². The number of nitrogens with zero attached hydrogens (tertiary/aromatic N) is 2. The molecule has 2 heterocycles. The van der Waals surface area contributed by atoms with Crippen LogP contribution in [0, 0.1) is 6.92 Å². The molecule has 0 bridgehead atoms. The molecule has 3 aromatic carbocycles. The monoisotopic (exact) mass is 414 g/mol.